The predicted octanol–water partition coefficient (Wildman–Crippen LogP) is 2.10. The summed E-state index contributed by atoms with van der Waals surface area (Å²) in [5.41, 5.74) is 5.66. The molecule has 0 saturated heterocycles. The lowest BCUT2D eigenvalue weighted by atomic mass is 9.85. The van der Waals surface area contributed by atoms with Crippen LogP contribution in [0.2, 0.25) is 0 Å². The number of benzene rings is 1. The van der Waals surface area contributed by atoms with Crippen LogP contribution in [0, 0.1) is 11.7 Å². The van der Waals surface area contributed by atoms with Crippen LogP contribution < -0.4 is 5.73 Å². The molecule has 6 heteroatoms. The second kappa shape index (κ2) is 6.20. The fourth-order valence-electron chi connectivity index (χ4n) is 2.38. The minimum absolute atomic E-state index is 0.00998. The monoisotopic (exact) mass is 300 g/mol. The Bertz CT molecular complexity index is 571. The zero-order chi connectivity index (χ0) is 14.8. The summed E-state index contributed by atoms with van der Waals surface area (Å²) in [6.07, 6.45) is 3.35. The molecule has 1 aliphatic rings. The molecule has 1 aliphatic carbocycles. The number of hydrogen-bond donors (Lipinski definition) is 1. The molecule has 0 amide bonds. The van der Waals surface area contributed by atoms with Crippen LogP contribution in [0.15, 0.2) is 23.1 Å². The Kier molecular flexibility index (Phi) is 4.78. The van der Waals surface area contributed by atoms with Gasteiger partial charge in [0.05, 0.1) is 4.90 Å². The van der Waals surface area contributed by atoms with Crippen molar-refractivity contribution in [2.45, 2.75) is 37.6 Å². The van der Waals surface area contributed by atoms with Gasteiger partial charge >= 0.3 is 0 Å². The van der Waals surface area contributed by atoms with Gasteiger partial charge in [0.1, 0.15) is 5.82 Å². The van der Waals surface area contributed by atoms with E-state index in [1.807, 2.05) is 6.92 Å². The molecule has 1 aromatic carbocycles. The number of nitrogens with zero attached hydrogens (tertiary/aromatic N) is 1. The molecule has 20 heavy (non-hydrogen) atoms. The fourth-order valence-corrected chi connectivity index (χ4v) is 3.95. The molecule has 4 nitrogen and oxygen atoms in total. The molecule has 0 bridgehead atoms. The van der Waals surface area contributed by atoms with E-state index in [4.69, 9.17) is 5.73 Å². The predicted molar refractivity (Wildman–Crippen MR) is 76.1 cm³/mol. The quantitative estimate of drug-likeness (QED) is 0.875. The lowest BCUT2D eigenvalue weighted by Gasteiger charge is -2.31. The highest BCUT2D eigenvalue weighted by atomic mass is 32.2. The molecule has 0 aromatic heterocycles. The molecule has 0 spiro atoms. The molecule has 0 atom stereocenters. The van der Waals surface area contributed by atoms with Crippen LogP contribution in [0.5, 0.6) is 0 Å². The third-order valence-corrected chi connectivity index (χ3v) is 5.85. The highest BCUT2D eigenvalue weighted by molar-refractivity contribution is 7.89. The Labute approximate surface area is 119 Å². The van der Waals surface area contributed by atoms with Crippen LogP contribution in [0.1, 0.15) is 31.7 Å². The topological polar surface area (TPSA) is 63.4 Å². The SMILES string of the molecule is CCN(CC1CCC1)S(=O)(=O)c1ccc(F)c(CN)c1. The normalized spacial score (nSPS) is 16.4. The van der Waals surface area contributed by atoms with Crippen molar-refractivity contribution in [2.75, 3.05) is 13.1 Å². The third kappa shape index (κ3) is 3.02. The molecule has 0 unspecified atom stereocenters. The van der Waals surface area contributed by atoms with E-state index >= 15 is 0 Å². The summed E-state index contributed by atoms with van der Waals surface area (Å²) >= 11 is 0. The van der Waals surface area contributed by atoms with Crippen molar-refractivity contribution in [1.82, 2.24) is 4.31 Å². The zero-order valence-electron chi connectivity index (χ0n) is 11.7. The second-order valence-corrected chi connectivity index (χ2v) is 7.15. The van der Waals surface area contributed by atoms with Gasteiger partial charge in [-0.3, -0.25) is 0 Å². The fraction of sp³-hybridized carbons (Fsp3) is 0.571. The minimum Gasteiger partial charge on any atom is -0.326 e. The van der Waals surface area contributed by atoms with Gasteiger partial charge in [0.2, 0.25) is 10.0 Å². The summed E-state index contributed by atoms with van der Waals surface area (Å²) in [5.74, 6) is -0.00681. The van der Waals surface area contributed by atoms with Crippen LogP contribution >= 0.6 is 0 Å². The van der Waals surface area contributed by atoms with E-state index in [0.717, 1.165) is 12.8 Å². The molecule has 1 aromatic rings. The molecule has 2 N–H and O–H groups in total. The molecule has 0 radical (unpaired) electrons. The van der Waals surface area contributed by atoms with Gasteiger partial charge < -0.3 is 5.73 Å². The summed E-state index contributed by atoms with van der Waals surface area (Å²) < 4.78 is 40.1. The lowest BCUT2D eigenvalue weighted by molar-refractivity contribution is 0.250. The maximum absolute atomic E-state index is 13.4. The standard InChI is InChI=1S/C14H21FN2O2S/c1-2-17(10-11-4-3-5-11)20(18,19)13-6-7-14(15)12(8-13)9-16/h6-8,11H,2-5,9-10,16H2,1H3. The first-order valence-corrected chi connectivity index (χ1v) is 8.41. The molecule has 112 valence electrons. The summed E-state index contributed by atoms with van der Waals surface area (Å²) in [6.45, 7) is 2.79. The van der Waals surface area contributed by atoms with E-state index in [0.29, 0.717) is 19.0 Å². The van der Waals surface area contributed by atoms with Crippen LogP contribution in [0.4, 0.5) is 4.39 Å². The number of hydrogen-bond acceptors (Lipinski definition) is 3. The Morgan fingerprint density at radius 2 is 2.10 bits per heavy atom. The van der Waals surface area contributed by atoms with Crippen LogP contribution in [-0.4, -0.2) is 25.8 Å². The maximum atomic E-state index is 13.4. The number of halogens is 1. The smallest absolute Gasteiger partial charge is 0.243 e. The molecular weight excluding hydrogens is 279 g/mol. The van der Waals surface area contributed by atoms with Crippen molar-refractivity contribution in [3.8, 4) is 0 Å². The Morgan fingerprint density at radius 3 is 2.60 bits per heavy atom. The van der Waals surface area contributed by atoms with Gasteiger partial charge in [-0.2, -0.15) is 4.31 Å². The Morgan fingerprint density at radius 1 is 1.40 bits per heavy atom. The van der Waals surface area contributed by atoms with Gasteiger partial charge in [-0.15, -0.1) is 0 Å². The second-order valence-electron chi connectivity index (χ2n) is 5.21. The van der Waals surface area contributed by atoms with Gasteiger partial charge in [-0.1, -0.05) is 13.3 Å². The van der Waals surface area contributed by atoms with Gasteiger partial charge in [0.25, 0.3) is 0 Å². The zero-order valence-corrected chi connectivity index (χ0v) is 12.5. The van der Waals surface area contributed by atoms with E-state index < -0.39 is 15.8 Å². The van der Waals surface area contributed by atoms with E-state index in [1.165, 1.54) is 28.9 Å². The molecule has 1 saturated carbocycles. The van der Waals surface area contributed by atoms with Gasteiger partial charge in [0.15, 0.2) is 0 Å². The molecule has 1 fully saturated rings. The minimum atomic E-state index is -3.56. The van der Waals surface area contributed by atoms with Gasteiger partial charge in [0, 0.05) is 25.2 Å². The van der Waals surface area contributed by atoms with Gasteiger partial charge in [-0.25, -0.2) is 12.8 Å². The van der Waals surface area contributed by atoms with E-state index in [2.05, 4.69) is 0 Å². The summed E-state index contributed by atoms with van der Waals surface area (Å²) in [5, 5.41) is 0. The van der Waals surface area contributed by atoms with Gasteiger partial charge in [-0.05, 0) is 37.0 Å². The third-order valence-electron chi connectivity index (χ3n) is 3.91. The Hall–Kier alpha value is -0.980. The lowest BCUT2D eigenvalue weighted by Crippen LogP contribution is -2.37. The van der Waals surface area contributed by atoms with Crippen molar-refractivity contribution < 1.29 is 12.8 Å². The van der Waals surface area contributed by atoms with Crippen molar-refractivity contribution in [2.24, 2.45) is 11.7 Å². The average Bonchev–Trinajstić information content (AvgIpc) is 2.37. The molecule has 2 rings (SSSR count). The first-order valence-electron chi connectivity index (χ1n) is 6.97. The first kappa shape index (κ1) is 15.4. The summed E-state index contributed by atoms with van der Waals surface area (Å²) in [6, 6.07) is 3.83. The van der Waals surface area contributed by atoms with Crippen molar-refractivity contribution in [3.63, 3.8) is 0 Å². The molecule has 0 aliphatic heterocycles. The van der Waals surface area contributed by atoms with E-state index in [1.54, 1.807) is 0 Å². The average molecular weight is 300 g/mol. The highest BCUT2D eigenvalue weighted by Crippen LogP contribution is 2.29. The maximum Gasteiger partial charge on any atom is 0.243 e. The molecular formula is C14H21FN2O2S. The number of rotatable bonds is 6. The first-order chi connectivity index (χ1) is 9.48. The van der Waals surface area contributed by atoms with Crippen LogP contribution in [-0.2, 0) is 16.6 Å². The van der Waals surface area contributed by atoms with Crippen molar-refractivity contribution >= 4 is 10.0 Å². The van der Waals surface area contributed by atoms with E-state index in [-0.39, 0.29) is 17.0 Å². The van der Waals surface area contributed by atoms with Crippen LogP contribution in [0.25, 0.3) is 0 Å². The van der Waals surface area contributed by atoms with Crippen LogP contribution in [0.3, 0.4) is 0 Å². The summed E-state index contributed by atoms with van der Waals surface area (Å²) in [7, 11) is -3.56. The Balaban J connectivity index is 2.27. The number of nitrogens with two attached hydrogens (primary N) is 1. The molecule has 0 heterocycles. The number of sulfonamides is 1. The largest absolute Gasteiger partial charge is 0.326 e. The van der Waals surface area contributed by atoms with Crippen molar-refractivity contribution in [1.29, 1.82) is 0 Å². The highest BCUT2D eigenvalue weighted by Gasteiger charge is 2.28. The summed E-state index contributed by atoms with van der Waals surface area (Å²) in [4.78, 5) is 0.125. The van der Waals surface area contributed by atoms with E-state index in [9.17, 15) is 12.8 Å². The van der Waals surface area contributed by atoms with Crippen molar-refractivity contribution in [3.05, 3.63) is 29.6 Å².